The highest BCUT2D eigenvalue weighted by Gasteiger charge is 2.25. The molecule has 0 spiro atoms. The largest absolute Gasteiger partial charge is 0.314 e. The monoisotopic (exact) mass is 260 g/mol. The minimum absolute atomic E-state index is 0.109. The SMILES string of the molecule is O=S1(=O)CCNCCN1c1ccccc1Cl. The minimum atomic E-state index is -3.25. The molecule has 4 nitrogen and oxygen atoms in total. The Hall–Kier alpha value is -0.780. The molecule has 0 aromatic heterocycles. The third-order valence-corrected chi connectivity index (χ3v) is 4.58. The second kappa shape index (κ2) is 4.61. The van der Waals surface area contributed by atoms with Crippen molar-refractivity contribution < 1.29 is 8.42 Å². The Bertz CT molecular complexity index is 475. The number of anilines is 1. The van der Waals surface area contributed by atoms with Crippen LogP contribution >= 0.6 is 11.6 Å². The van der Waals surface area contributed by atoms with Gasteiger partial charge >= 0.3 is 0 Å². The lowest BCUT2D eigenvalue weighted by molar-refractivity contribution is 0.594. The van der Waals surface area contributed by atoms with Crippen molar-refractivity contribution in [3.63, 3.8) is 0 Å². The molecule has 88 valence electrons. The van der Waals surface area contributed by atoms with E-state index in [4.69, 9.17) is 11.6 Å². The van der Waals surface area contributed by atoms with E-state index in [-0.39, 0.29) is 5.75 Å². The van der Waals surface area contributed by atoms with Gasteiger partial charge in [-0.05, 0) is 12.1 Å². The van der Waals surface area contributed by atoms with Gasteiger partial charge in [-0.15, -0.1) is 0 Å². The average Bonchev–Trinajstić information content (AvgIpc) is 2.40. The van der Waals surface area contributed by atoms with Crippen molar-refractivity contribution >= 4 is 27.3 Å². The van der Waals surface area contributed by atoms with E-state index in [0.29, 0.717) is 30.3 Å². The molecule has 1 aliphatic rings. The summed E-state index contributed by atoms with van der Waals surface area (Å²) in [5, 5.41) is 3.52. The summed E-state index contributed by atoms with van der Waals surface area (Å²) in [6.07, 6.45) is 0. The summed E-state index contributed by atoms with van der Waals surface area (Å²) in [4.78, 5) is 0. The zero-order valence-corrected chi connectivity index (χ0v) is 10.3. The van der Waals surface area contributed by atoms with Gasteiger partial charge in [-0.3, -0.25) is 4.31 Å². The number of hydrogen-bond acceptors (Lipinski definition) is 3. The summed E-state index contributed by atoms with van der Waals surface area (Å²) < 4.78 is 25.3. The summed E-state index contributed by atoms with van der Waals surface area (Å²) in [7, 11) is -3.25. The molecule has 6 heteroatoms. The molecular formula is C10H13ClN2O2S. The van der Waals surface area contributed by atoms with Gasteiger partial charge in [-0.2, -0.15) is 0 Å². The van der Waals surface area contributed by atoms with E-state index in [1.165, 1.54) is 4.31 Å². The van der Waals surface area contributed by atoms with Gasteiger partial charge in [0.05, 0.1) is 16.5 Å². The molecule has 0 unspecified atom stereocenters. The van der Waals surface area contributed by atoms with Crippen molar-refractivity contribution in [2.24, 2.45) is 0 Å². The molecule has 2 rings (SSSR count). The van der Waals surface area contributed by atoms with Gasteiger partial charge in [0, 0.05) is 19.6 Å². The van der Waals surface area contributed by atoms with Crippen LogP contribution in [0.15, 0.2) is 24.3 Å². The van der Waals surface area contributed by atoms with Crippen LogP contribution in [0.25, 0.3) is 0 Å². The molecule has 1 fully saturated rings. The van der Waals surface area contributed by atoms with Gasteiger partial charge in [0.2, 0.25) is 10.0 Å². The summed E-state index contributed by atoms with van der Waals surface area (Å²) in [6.45, 7) is 1.56. The maximum absolute atomic E-state index is 12.0. The number of sulfonamides is 1. The number of nitrogens with one attached hydrogen (secondary N) is 1. The number of rotatable bonds is 1. The summed E-state index contributed by atoms with van der Waals surface area (Å²) >= 11 is 6.01. The van der Waals surface area contributed by atoms with Crippen LogP contribution in [-0.4, -0.2) is 33.8 Å². The lowest BCUT2D eigenvalue weighted by Gasteiger charge is -2.22. The summed E-state index contributed by atoms with van der Waals surface area (Å²) in [5.74, 6) is 0.109. The molecule has 1 N–H and O–H groups in total. The Labute approximate surface area is 100 Å². The lowest BCUT2D eigenvalue weighted by Crippen LogP contribution is -2.33. The van der Waals surface area contributed by atoms with Gasteiger partial charge in [-0.25, -0.2) is 8.42 Å². The van der Waals surface area contributed by atoms with E-state index < -0.39 is 10.0 Å². The highest BCUT2D eigenvalue weighted by molar-refractivity contribution is 7.92. The number of para-hydroxylation sites is 1. The smallest absolute Gasteiger partial charge is 0.236 e. The molecule has 0 amide bonds. The van der Waals surface area contributed by atoms with E-state index in [9.17, 15) is 8.42 Å². The van der Waals surface area contributed by atoms with Crippen LogP contribution in [0.1, 0.15) is 0 Å². The minimum Gasteiger partial charge on any atom is -0.314 e. The predicted molar refractivity (Wildman–Crippen MR) is 65.5 cm³/mol. The first-order valence-electron chi connectivity index (χ1n) is 5.07. The van der Waals surface area contributed by atoms with Crippen molar-refractivity contribution in [3.8, 4) is 0 Å². The van der Waals surface area contributed by atoms with Crippen molar-refractivity contribution in [1.29, 1.82) is 0 Å². The van der Waals surface area contributed by atoms with Crippen LogP contribution < -0.4 is 9.62 Å². The summed E-state index contributed by atoms with van der Waals surface area (Å²) in [6, 6.07) is 7.00. The normalized spacial score (nSPS) is 20.4. The van der Waals surface area contributed by atoms with Crippen molar-refractivity contribution in [1.82, 2.24) is 5.32 Å². The van der Waals surface area contributed by atoms with Crippen molar-refractivity contribution in [2.45, 2.75) is 0 Å². The second-order valence-electron chi connectivity index (χ2n) is 3.59. The lowest BCUT2D eigenvalue weighted by atomic mass is 10.3. The molecule has 0 radical (unpaired) electrons. The second-order valence-corrected chi connectivity index (χ2v) is 6.01. The van der Waals surface area contributed by atoms with Crippen LogP contribution in [0.2, 0.25) is 5.02 Å². The fourth-order valence-corrected chi connectivity index (χ4v) is 3.42. The molecule has 1 aromatic carbocycles. The van der Waals surface area contributed by atoms with Crippen LogP contribution in [-0.2, 0) is 10.0 Å². The maximum Gasteiger partial charge on any atom is 0.236 e. The average molecular weight is 261 g/mol. The molecule has 1 saturated heterocycles. The van der Waals surface area contributed by atoms with Gasteiger partial charge in [-0.1, -0.05) is 23.7 Å². The van der Waals surface area contributed by atoms with Gasteiger partial charge in [0.1, 0.15) is 0 Å². The number of halogens is 1. The molecule has 0 atom stereocenters. The number of benzene rings is 1. The topological polar surface area (TPSA) is 49.4 Å². The van der Waals surface area contributed by atoms with E-state index >= 15 is 0 Å². The van der Waals surface area contributed by atoms with Crippen LogP contribution in [0.4, 0.5) is 5.69 Å². The third kappa shape index (κ3) is 2.31. The molecule has 1 aromatic rings. The standard InChI is InChI=1S/C10H13ClN2O2S/c11-9-3-1-2-4-10(9)13-7-5-12-6-8-16(13,14)15/h1-4,12H,5-8H2. The highest BCUT2D eigenvalue weighted by atomic mass is 35.5. The van der Waals surface area contributed by atoms with Crippen LogP contribution in [0, 0.1) is 0 Å². The highest BCUT2D eigenvalue weighted by Crippen LogP contribution is 2.27. The van der Waals surface area contributed by atoms with E-state index in [1.54, 1.807) is 24.3 Å². The van der Waals surface area contributed by atoms with Crippen molar-refractivity contribution in [3.05, 3.63) is 29.3 Å². The number of hydrogen-bond donors (Lipinski definition) is 1. The zero-order chi connectivity index (χ0) is 11.6. The number of nitrogens with zero attached hydrogens (tertiary/aromatic N) is 1. The Kier molecular flexibility index (Phi) is 3.37. The van der Waals surface area contributed by atoms with Gasteiger partial charge < -0.3 is 5.32 Å². The molecule has 0 bridgehead atoms. The Morgan fingerprint density at radius 1 is 1.25 bits per heavy atom. The molecule has 0 saturated carbocycles. The first kappa shape index (κ1) is 11.7. The first-order valence-corrected chi connectivity index (χ1v) is 7.05. The molecule has 0 aliphatic carbocycles. The van der Waals surface area contributed by atoms with E-state index in [1.807, 2.05) is 0 Å². The molecule has 16 heavy (non-hydrogen) atoms. The molecule has 1 heterocycles. The molecule has 1 aliphatic heterocycles. The maximum atomic E-state index is 12.0. The van der Waals surface area contributed by atoms with Gasteiger partial charge in [0.15, 0.2) is 0 Å². The molecular weight excluding hydrogens is 248 g/mol. The zero-order valence-electron chi connectivity index (χ0n) is 8.69. The van der Waals surface area contributed by atoms with Crippen molar-refractivity contribution in [2.75, 3.05) is 29.7 Å². The first-order chi connectivity index (χ1) is 7.61. The van der Waals surface area contributed by atoms with E-state index in [0.717, 1.165) is 0 Å². The quantitative estimate of drug-likeness (QED) is 0.822. The Morgan fingerprint density at radius 2 is 2.00 bits per heavy atom. The Morgan fingerprint density at radius 3 is 2.75 bits per heavy atom. The fourth-order valence-electron chi connectivity index (χ4n) is 1.68. The third-order valence-electron chi connectivity index (χ3n) is 2.49. The Balaban J connectivity index is 2.42. The fraction of sp³-hybridized carbons (Fsp3) is 0.400. The summed E-state index contributed by atoms with van der Waals surface area (Å²) in [5.41, 5.74) is 0.563. The van der Waals surface area contributed by atoms with Crippen LogP contribution in [0.5, 0.6) is 0 Å². The van der Waals surface area contributed by atoms with Crippen LogP contribution in [0.3, 0.4) is 0 Å². The van der Waals surface area contributed by atoms with E-state index in [2.05, 4.69) is 5.32 Å². The predicted octanol–water partition coefficient (Wildman–Crippen LogP) is 1.08. The van der Waals surface area contributed by atoms with Gasteiger partial charge in [0.25, 0.3) is 0 Å².